The minimum absolute atomic E-state index is 0.303. The molecule has 2 heteroatoms. The first-order chi connectivity index (χ1) is 5.70. The summed E-state index contributed by atoms with van der Waals surface area (Å²) in [5, 5.41) is 0. The van der Waals surface area contributed by atoms with E-state index in [0.717, 1.165) is 18.6 Å². The highest BCUT2D eigenvalue weighted by Crippen LogP contribution is 2.24. The van der Waals surface area contributed by atoms with Crippen LogP contribution in [0.3, 0.4) is 0 Å². The Hall–Kier alpha value is 0.0200. The van der Waals surface area contributed by atoms with E-state index in [9.17, 15) is 4.79 Å². The lowest BCUT2D eigenvalue weighted by molar-refractivity contribution is -0.121. The van der Waals surface area contributed by atoms with E-state index in [1.54, 1.807) is 0 Å². The van der Waals surface area contributed by atoms with Gasteiger partial charge < -0.3 is 0 Å². The van der Waals surface area contributed by atoms with E-state index in [4.69, 9.17) is 0 Å². The van der Waals surface area contributed by atoms with Gasteiger partial charge in [-0.05, 0) is 23.7 Å². The number of ketones is 1. The van der Waals surface area contributed by atoms with E-state index in [0.29, 0.717) is 22.6 Å². The van der Waals surface area contributed by atoms with Crippen LogP contribution in [0.15, 0.2) is 0 Å². The van der Waals surface area contributed by atoms with Crippen molar-refractivity contribution >= 4 is 16.7 Å². The van der Waals surface area contributed by atoms with Crippen LogP contribution in [-0.2, 0) is 15.7 Å². The smallest absolute Gasteiger partial charge is 0.184 e. The van der Waals surface area contributed by atoms with Crippen molar-refractivity contribution in [3.63, 3.8) is 0 Å². The van der Waals surface area contributed by atoms with Gasteiger partial charge in [-0.1, -0.05) is 19.3 Å². The highest BCUT2D eigenvalue weighted by Gasteiger charge is 2.24. The molecule has 0 bridgehead atoms. The van der Waals surface area contributed by atoms with Crippen LogP contribution < -0.4 is 0 Å². The van der Waals surface area contributed by atoms with E-state index >= 15 is 0 Å². The number of rotatable bonds is 3. The van der Waals surface area contributed by atoms with E-state index in [2.05, 4.69) is 12.5 Å². The molecule has 0 aromatic carbocycles. The standard InChI is InChI=1S/C10H19OS/c1-12(2)8-10(11)9-6-4-3-5-7-9/h9H,3-8H2,1-2H3/q+1. The molecule has 0 N–H and O–H groups in total. The third-order valence-electron chi connectivity index (χ3n) is 2.49. The average molecular weight is 187 g/mol. The molecule has 0 amide bonds. The second-order valence-electron chi connectivity index (χ2n) is 3.93. The second kappa shape index (κ2) is 4.90. The number of hydrogen-bond acceptors (Lipinski definition) is 1. The van der Waals surface area contributed by atoms with Crippen molar-refractivity contribution in [1.82, 2.24) is 0 Å². The fourth-order valence-electron chi connectivity index (χ4n) is 1.83. The summed E-state index contributed by atoms with van der Waals surface area (Å²) >= 11 is 0. The molecular weight excluding hydrogens is 168 g/mol. The molecule has 1 aliphatic carbocycles. The largest absolute Gasteiger partial charge is 0.294 e. The van der Waals surface area contributed by atoms with E-state index in [-0.39, 0.29) is 0 Å². The van der Waals surface area contributed by atoms with Crippen LogP contribution in [0.25, 0.3) is 0 Å². The molecule has 1 saturated carbocycles. The molecule has 70 valence electrons. The molecule has 1 fully saturated rings. The predicted octanol–water partition coefficient (Wildman–Crippen LogP) is 2.01. The number of carbonyl (C=O) groups is 1. The van der Waals surface area contributed by atoms with Gasteiger partial charge in [-0.25, -0.2) is 0 Å². The molecule has 0 radical (unpaired) electrons. The number of hydrogen-bond donors (Lipinski definition) is 0. The maximum absolute atomic E-state index is 11.6. The maximum atomic E-state index is 11.6. The first kappa shape index (κ1) is 10.1. The second-order valence-corrected chi connectivity index (χ2v) is 6.19. The van der Waals surface area contributed by atoms with Crippen molar-refractivity contribution < 1.29 is 4.79 Å². The van der Waals surface area contributed by atoms with Crippen molar-refractivity contribution in [3.8, 4) is 0 Å². The van der Waals surface area contributed by atoms with Crippen LogP contribution in [0, 0.1) is 5.92 Å². The lowest BCUT2D eigenvalue weighted by Gasteiger charge is -2.19. The first-order valence-electron chi connectivity index (χ1n) is 4.77. The zero-order valence-electron chi connectivity index (χ0n) is 8.14. The monoisotopic (exact) mass is 187 g/mol. The van der Waals surface area contributed by atoms with Gasteiger partial charge in [-0.3, -0.25) is 4.79 Å². The Morgan fingerprint density at radius 3 is 2.33 bits per heavy atom. The van der Waals surface area contributed by atoms with Crippen molar-refractivity contribution in [2.24, 2.45) is 5.92 Å². The number of carbonyl (C=O) groups excluding carboxylic acids is 1. The van der Waals surface area contributed by atoms with Gasteiger partial charge in [-0.2, -0.15) is 0 Å². The molecule has 0 unspecified atom stereocenters. The molecule has 0 atom stereocenters. The van der Waals surface area contributed by atoms with Gasteiger partial charge in [0, 0.05) is 5.92 Å². The normalized spacial score (nSPS) is 19.9. The summed E-state index contributed by atoms with van der Waals surface area (Å²) in [6.07, 6.45) is 10.5. The quantitative estimate of drug-likeness (QED) is 0.618. The molecule has 0 aliphatic heterocycles. The zero-order valence-corrected chi connectivity index (χ0v) is 8.95. The SMILES string of the molecule is C[S+](C)CC(=O)C1CCCCC1. The maximum Gasteiger partial charge on any atom is 0.184 e. The van der Waals surface area contributed by atoms with Gasteiger partial charge >= 0.3 is 0 Å². The lowest BCUT2D eigenvalue weighted by Crippen LogP contribution is -2.24. The summed E-state index contributed by atoms with van der Waals surface area (Å²) < 4.78 is 0. The summed E-state index contributed by atoms with van der Waals surface area (Å²) in [6, 6.07) is 0. The third kappa shape index (κ3) is 3.18. The zero-order chi connectivity index (χ0) is 8.97. The molecule has 1 aliphatic rings. The molecule has 0 spiro atoms. The fourth-order valence-corrected chi connectivity index (χ4v) is 2.63. The molecular formula is C10H19OS+. The minimum atomic E-state index is 0.303. The fraction of sp³-hybridized carbons (Fsp3) is 0.900. The summed E-state index contributed by atoms with van der Waals surface area (Å²) in [6.45, 7) is 0. The minimum Gasteiger partial charge on any atom is -0.294 e. The van der Waals surface area contributed by atoms with E-state index < -0.39 is 0 Å². The van der Waals surface area contributed by atoms with Crippen LogP contribution in [-0.4, -0.2) is 24.0 Å². The summed E-state index contributed by atoms with van der Waals surface area (Å²) in [5.41, 5.74) is 0. The lowest BCUT2D eigenvalue weighted by atomic mass is 9.87. The summed E-state index contributed by atoms with van der Waals surface area (Å²) in [4.78, 5) is 11.6. The van der Waals surface area contributed by atoms with Crippen molar-refractivity contribution in [2.45, 2.75) is 32.1 Å². The molecule has 1 nitrogen and oxygen atoms in total. The van der Waals surface area contributed by atoms with Crippen LogP contribution in [0.1, 0.15) is 32.1 Å². The topological polar surface area (TPSA) is 17.1 Å². The van der Waals surface area contributed by atoms with Crippen LogP contribution in [0.2, 0.25) is 0 Å². The highest BCUT2D eigenvalue weighted by atomic mass is 32.2. The summed E-state index contributed by atoms with van der Waals surface area (Å²) in [5.74, 6) is 1.78. The molecule has 0 aromatic rings. The van der Waals surface area contributed by atoms with Gasteiger partial charge in [0.25, 0.3) is 0 Å². The molecule has 0 heterocycles. The Balaban J connectivity index is 2.30. The Morgan fingerprint density at radius 1 is 1.25 bits per heavy atom. The third-order valence-corrected chi connectivity index (χ3v) is 3.35. The van der Waals surface area contributed by atoms with Gasteiger partial charge in [0.15, 0.2) is 11.5 Å². The van der Waals surface area contributed by atoms with Crippen LogP contribution in [0.5, 0.6) is 0 Å². The van der Waals surface area contributed by atoms with E-state index in [1.807, 2.05) is 0 Å². The molecule has 12 heavy (non-hydrogen) atoms. The Morgan fingerprint density at radius 2 is 1.83 bits per heavy atom. The Labute approximate surface area is 78.3 Å². The van der Waals surface area contributed by atoms with Crippen LogP contribution in [0.4, 0.5) is 0 Å². The van der Waals surface area contributed by atoms with Crippen molar-refractivity contribution in [3.05, 3.63) is 0 Å². The van der Waals surface area contributed by atoms with Crippen LogP contribution >= 0.6 is 0 Å². The molecule has 0 aromatic heterocycles. The molecule has 1 rings (SSSR count). The van der Waals surface area contributed by atoms with Crippen molar-refractivity contribution in [2.75, 3.05) is 18.3 Å². The Bertz CT molecular complexity index is 148. The molecule has 0 saturated heterocycles. The Kier molecular flexibility index (Phi) is 4.13. The first-order valence-corrected chi connectivity index (χ1v) is 6.98. The highest BCUT2D eigenvalue weighted by molar-refractivity contribution is 7.96. The van der Waals surface area contributed by atoms with Crippen molar-refractivity contribution in [1.29, 1.82) is 0 Å². The van der Waals surface area contributed by atoms with E-state index in [1.165, 1.54) is 19.3 Å². The predicted molar refractivity (Wildman–Crippen MR) is 55.7 cm³/mol. The van der Waals surface area contributed by atoms with Gasteiger partial charge in [0.2, 0.25) is 0 Å². The summed E-state index contributed by atoms with van der Waals surface area (Å²) in [7, 11) is 0.303. The van der Waals surface area contributed by atoms with Gasteiger partial charge in [-0.15, -0.1) is 0 Å². The average Bonchev–Trinajstić information content (AvgIpc) is 2.05. The van der Waals surface area contributed by atoms with Gasteiger partial charge in [0.1, 0.15) is 0 Å². The number of Topliss-reactive ketones (excluding diaryl/α,β-unsaturated/α-hetero) is 1. The van der Waals surface area contributed by atoms with Gasteiger partial charge in [0.05, 0.1) is 12.5 Å².